The molecule has 17 heavy (non-hydrogen) atoms. The highest BCUT2D eigenvalue weighted by atomic mass is 19.1. The first kappa shape index (κ1) is 12.1. The Hall–Kier alpha value is -1.38. The van der Waals surface area contributed by atoms with Crippen molar-refractivity contribution in [2.45, 2.75) is 20.3 Å². The Balaban J connectivity index is 2.14. The van der Waals surface area contributed by atoms with Crippen LogP contribution in [0.4, 0.5) is 4.39 Å². The zero-order valence-corrected chi connectivity index (χ0v) is 10.3. The molecule has 2 unspecified atom stereocenters. The van der Waals surface area contributed by atoms with E-state index in [2.05, 4.69) is 13.8 Å². The first-order chi connectivity index (χ1) is 8.06. The summed E-state index contributed by atoms with van der Waals surface area (Å²) in [6.07, 6.45) is 1.16. The molecule has 1 aliphatic rings. The fraction of sp³-hybridized carbons (Fsp3) is 0.500. The molecule has 1 aromatic carbocycles. The first-order valence-electron chi connectivity index (χ1n) is 6.11. The predicted octanol–water partition coefficient (Wildman–Crippen LogP) is 2.94. The lowest BCUT2D eigenvalue weighted by molar-refractivity contribution is 0.0622. The molecule has 1 heterocycles. The average Bonchev–Trinajstić information content (AvgIpc) is 2.26. The smallest absolute Gasteiger partial charge is 0.253 e. The van der Waals surface area contributed by atoms with E-state index in [-0.39, 0.29) is 11.7 Å². The highest BCUT2D eigenvalue weighted by Gasteiger charge is 2.26. The van der Waals surface area contributed by atoms with Gasteiger partial charge >= 0.3 is 0 Å². The summed E-state index contributed by atoms with van der Waals surface area (Å²) in [6, 6.07) is 5.93. The van der Waals surface area contributed by atoms with E-state index in [1.807, 2.05) is 4.90 Å². The summed E-state index contributed by atoms with van der Waals surface area (Å²) in [5.41, 5.74) is 0.450. The lowest BCUT2D eigenvalue weighted by Crippen LogP contribution is -2.42. The van der Waals surface area contributed by atoms with Crippen LogP contribution in [0.5, 0.6) is 0 Å². The first-order valence-corrected chi connectivity index (χ1v) is 6.11. The summed E-state index contributed by atoms with van der Waals surface area (Å²) in [5, 5.41) is 0. The van der Waals surface area contributed by atoms with Gasteiger partial charge in [0.1, 0.15) is 5.82 Å². The second-order valence-electron chi connectivity index (χ2n) is 5.17. The Kier molecular flexibility index (Phi) is 3.46. The maximum absolute atomic E-state index is 13.1. The normalized spacial score (nSPS) is 24.8. The minimum Gasteiger partial charge on any atom is -0.338 e. The van der Waals surface area contributed by atoms with Gasteiger partial charge in [-0.05, 0) is 36.5 Å². The zero-order valence-electron chi connectivity index (χ0n) is 10.3. The van der Waals surface area contributed by atoms with Crippen molar-refractivity contribution in [2.24, 2.45) is 11.8 Å². The number of nitrogens with zero attached hydrogens (tertiary/aromatic N) is 1. The van der Waals surface area contributed by atoms with Gasteiger partial charge < -0.3 is 4.90 Å². The Morgan fingerprint density at radius 3 is 2.53 bits per heavy atom. The van der Waals surface area contributed by atoms with Crippen molar-refractivity contribution < 1.29 is 9.18 Å². The summed E-state index contributed by atoms with van der Waals surface area (Å²) < 4.78 is 13.1. The summed E-state index contributed by atoms with van der Waals surface area (Å²) in [6.45, 7) is 5.86. The van der Waals surface area contributed by atoms with Gasteiger partial charge in [0.05, 0.1) is 0 Å². The van der Waals surface area contributed by atoms with Gasteiger partial charge in [0.25, 0.3) is 5.91 Å². The van der Waals surface area contributed by atoms with Crippen LogP contribution in [0.3, 0.4) is 0 Å². The molecule has 2 nitrogen and oxygen atoms in total. The summed E-state index contributed by atoms with van der Waals surface area (Å²) in [7, 11) is 0. The lowest BCUT2D eigenvalue weighted by Gasteiger charge is -2.35. The molecule has 3 heteroatoms. The fourth-order valence-corrected chi connectivity index (χ4v) is 2.63. The standard InChI is InChI=1S/C14H18FNO/c1-10-6-11(2)9-16(8-10)14(17)12-4-3-5-13(15)7-12/h3-5,7,10-11H,6,8-9H2,1-2H3. The largest absolute Gasteiger partial charge is 0.338 e. The Morgan fingerprint density at radius 2 is 1.94 bits per heavy atom. The van der Waals surface area contributed by atoms with Crippen molar-refractivity contribution >= 4 is 5.91 Å². The third-order valence-electron chi connectivity index (χ3n) is 3.23. The summed E-state index contributed by atoms with van der Waals surface area (Å²) in [4.78, 5) is 14.0. The van der Waals surface area contributed by atoms with Gasteiger partial charge in [-0.2, -0.15) is 0 Å². The van der Waals surface area contributed by atoms with Crippen LogP contribution in [-0.2, 0) is 0 Å². The van der Waals surface area contributed by atoms with E-state index in [4.69, 9.17) is 0 Å². The molecule has 0 radical (unpaired) electrons. The third kappa shape index (κ3) is 2.84. The van der Waals surface area contributed by atoms with Gasteiger partial charge in [-0.1, -0.05) is 19.9 Å². The number of piperidine rings is 1. The third-order valence-corrected chi connectivity index (χ3v) is 3.23. The van der Waals surface area contributed by atoms with Crippen LogP contribution in [0.1, 0.15) is 30.6 Å². The molecule has 1 aliphatic heterocycles. The Labute approximate surface area is 101 Å². The molecule has 2 rings (SSSR count). The molecule has 0 aromatic heterocycles. The molecule has 92 valence electrons. The second kappa shape index (κ2) is 4.86. The second-order valence-corrected chi connectivity index (χ2v) is 5.17. The van der Waals surface area contributed by atoms with Crippen LogP contribution in [0.15, 0.2) is 24.3 Å². The minimum absolute atomic E-state index is 0.0529. The summed E-state index contributed by atoms with van der Waals surface area (Å²) in [5.74, 6) is 0.643. The minimum atomic E-state index is -0.353. The van der Waals surface area contributed by atoms with Gasteiger partial charge in [0.15, 0.2) is 0 Å². The molecule has 0 bridgehead atoms. The number of benzene rings is 1. The van der Waals surface area contributed by atoms with E-state index >= 15 is 0 Å². The molecule has 1 fully saturated rings. The van der Waals surface area contributed by atoms with E-state index in [0.717, 1.165) is 19.5 Å². The lowest BCUT2D eigenvalue weighted by atomic mass is 9.91. The molecule has 0 saturated carbocycles. The van der Waals surface area contributed by atoms with Gasteiger partial charge in [-0.25, -0.2) is 4.39 Å². The maximum Gasteiger partial charge on any atom is 0.253 e. The molecular formula is C14H18FNO. The molecule has 0 spiro atoms. The van der Waals surface area contributed by atoms with Crippen LogP contribution < -0.4 is 0 Å². The zero-order chi connectivity index (χ0) is 12.4. The van der Waals surface area contributed by atoms with Crippen molar-refractivity contribution in [3.8, 4) is 0 Å². The van der Waals surface area contributed by atoms with Crippen LogP contribution >= 0.6 is 0 Å². The van der Waals surface area contributed by atoms with E-state index < -0.39 is 0 Å². The quantitative estimate of drug-likeness (QED) is 0.733. The van der Waals surface area contributed by atoms with Crippen molar-refractivity contribution in [1.29, 1.82) is 0 Å². The number of hydrogen-bond donors (Lipinski definition) is 0. The van der Waals surface area contributed by atoms with E-state index in [1.165, 1.54) is 12.1 Å². The van der Waals surface area contributed by atoms with Crippen molar-refractivity contribution in [2.75, 3.05) is 13.1 Å². The number of carbonyl (C=O) groups is 1. The summed E-state index contributed by atoms with van der Waals surface area (Å²) >= 11 is 0. The average molecular weight is 235 g/mol. The predicted molar refractivity (Wildman–Crippen MR) is 65.2 cm³/mol. The Morgan fingerprint density at radius 1 is 1.29 bits per heavy atom. The number of halogens is 1. The number of carbonyl (C=O) groups excluding carboxylic acids is 1. The van der Waals surface area contributed by atoms with Crippen molar-refractivity contribution in [3.05, 3.63) is 35.6 Å². The number of rotatable bonds is 1. The SMILES string of the molecule is CC1CC(C)CN(C(=O)c2cccc(F)c2)C1. The topological polar surface area (TPSA) is 20.3 Å². The molecule has 1 aromatic rings. The molecular weight excluding hydrogens is 217 g/mol. The van der Waals surface area contributed by atoms with Crippen LogP contribution in [-0.4, -0.2) is 23.9 Å². The van der Waals surface area contributed by atoms with E-state index in [0.29, 0.717) is 17.4 Å². The van der Waals surface area contributed by atoms with Crippen LogP contribution in [0.2, 0.25) is 0 Å². The number of likely N-dealkylation sites (tertiary alicyclic amines) is 1. The molecule has 0 aliphatic carbocycles. The van der Waals surface area contributed by atoms with E-state index in [9.17, 15) is 9.18 Å². The number of hydrogen-bond acceptors (Lipinski definition) is 1. The van der Waals surface area contributed by atoms with Gasteiger partial charge in [0.2, 0.25) is 0 Å². The molecule has 1 amide bonds. The monoisotopic (exact) mass is 235 g/mol. The molecule has 0 N–H and O–H groups in total. The fourth-order valence-electron chi connectivity index (χ4n) is 2.63. The van der Waals surface area contributed by atoms with Gasteiger partial charge in [0, 0.05) is 18.7 Å². The van der Waals surface area contributed by atoms with E-state index in [1.54, 1.807) is 12.1 Å². The van der Waals surface area contributed by atoms with Gasteiger partial charge in [-0.15, -0.1) is 0 Å². The van der Waals surface area contributed by atoms with Crippen molar-refractivity contribution in [3.63, 3.8) is 0 Å². The highest BCUT2D eigenvalue weighted by Crippen LogP contribution is 2.22. The maximum atomic E-state index is 13.1. The highest BCUT2D eigenvalue weighted by molar-refractivity contribution is 5.94. The molecule has 1 saturated heterocycles. The van der Waals surface area contributed by atoms with Crippen LogP contribution in [0, 0.1) is 17.7 Å². The number of amides is 1. The molecule has 2 atom stereocenters. The van der Waals surface area contributed by atoms with Gasteiger partial charge in [-0.3, -0.25) is 4.79 Å². The van der Waals surface area contributed by atoms with Crippen LogP contribution in [0.25, 0.3) is 0 Å². The Bertz CT molecular complexity index is 408. The van der Waals surface area contributed by atoms with Crippen molar-refractivity contribution in [1.82, 2.24) is 4.90 Å².